The van der Waals surface area contributed by atoms with Crippen LogP contribution in [0.2, 0.25) is 0 Å². The van der Waals surface area contributed by atoms with E-state index < -0.39 is 0 Å². The third kappa shape index (κ3) is 3.80. The van der Waals surface area contributed by atoms with Gasteiger partial charge in [0.05, 0.1) is 6.61 Å². The summed E-state index contributed by atoms with van der Waals surface area (Å²) in [5.74, 6) is -0.165. The van der Waals surface area contributed by atoms with Crippen molar-refractivity contribution in [1.29, 1.82) is 0 Å². The van der Waals surface area contributed by atoms with Crippen molar-refractivity contribution in [1.82, 2.24) is 10.2 Å². The second-order valence-electron chi connectivity index (χ2n) is 5.09. The molecule has 2 rings (SSSR count). The molecule has 2 N–H and O–H groups in total. The number of hydrogen-bond donors (Lipinski definition) is 2. The Morgan fingerprint density at radius 2 is 2.30 bits per heavy atom. The third-order valence-corrected chi connectivity index (χ3v) is 4.43. The van der Waals surface area contributed by atoms with E-state index in [-0.39, 0.29) is 37.3 Å². The van der Waals surface area contributed by atoms with Gasteiger partial charge in [0.15, 0.2) is 0 Å². The monoisotopic (exact) mass is 296 g/mol. The molecule has 110 valence electrons. The van der Waals surface area contributed by atoms with E-state index in [1.807, 2.05) is 4.90 Å². The molecule has 0 aromatic carbocycles. The van der Waals surface area contributed by atoms with Gasteiger partial charge in [0.25, 0.3) is 0 Å². The first-order chi connectivity index (χ1) is 9.60. The number of amides is 2. The lowest BCUT2D eigenvalue weighted by atomic mass is 10.1. The maximum atomic E-state index is 12.1. The predicted molar refractivity (Wildman–Crippen MR) is 77.4 cm³/mol. The van der Waals surface area contributed by atoms with E-state index in [2.05, 4.69) is 16.8 Å². The van der Waals surface area contributed by atoms with Crippen LogP contribution in [-0.2, 0) is 22.6 Å². The van der Waals surface area contributed by atoms with E-state index in [1.165, 1.54) is 10.4 Å². The van der Waals surface area contributed by atoms with Gasteiger partial charge < -0.3 is 15.3 Å². The van der Waals surface area contributed by atoms with Crippen LogP contribution in [0.15, 0.2) is 11.4 Å². The molecule has 5 nitrogen and oxygen atoms in total. The maximum Gasteiger partial charge on any atom is 0.223 e. The zero-order valence-electron chi connectivity index (χ0n) is 11.6. The second-order valence-corrected chi connectivity index (χ2v) is 6.09. The van der Waals surface area contributed by atoms with Crippen LogP contribution in [0.4, 0.5) is 0 Å². The lowest BCUT2D eigenvalue weighted by Crippen LogP contribution is -2.38. The van der Waals surface area contributed by atoms with Gasteiger partial charge in [-0.05, 0) is 30.4 Å². The lowest BCUT2D eigenvalue weighted by molar-refractivity contribution is -0.134. The Morgan fingerprint density at radius 1 is 1.50 bits per heavy atom. The Hall–Kier alpha value is -1.40. The van der Waals surface area contributed by atoms with Crippen molar-refractivity contribution >= 4 is 23.2 Å². The largest absolute Gasteiger partial charge is 0.394 e. The van der Waals surface area contributed by atoms with Gasteiger partial charge in [-0.25, -0.2) is 0 Å². The van der Waals surface area contributed by atoms with E-state index >= 15 is 0 Å². The molecule has 2 amide bonds. The molecule has 1 unspecified atom stereocenters. The van der Waals surface area contributed by atoms with E-state index in [0.717, 1.165) is 13.0 Å². The average Bonchev–Trinajstić information content (AvgIpc) is 2.91. The van der Waals surface area contributed by atoms with Crippen LogP contribution in [-0.4, -0.2) is 41.0 Å². The van der Waals surface area contributed by atoms with Gasteiger partial charge >= 0.3 is 0 Å². The molecule has 0 bridgehead atoms. The first-order valence-electron chi connectivity index (χ1n) is 6.83. The Labute approximate surface area is 122 Å². The number of carbonyl (C=O) groups excluding carboxylic acids is 2. The zero-order chi connectivity index (χ0) is 14.5. The van der Waals surface area contributed by atoms with Crippen LogP contribution in [0.3, 0.4) is 0 Å². The van der Waals surface area contributed by atoms with Crippen molar-refractivity contribution in [2.24, 2.45) is 0 Å². The van der Waals surface area contributed by atoms with Crippen molar-refractivity contribution in [2.45, 2.75) is 38.8 Å². The summed E-state index contributed by atoms with van der Waals surface area (Å²) in [6.45, 7) is 3.03. The van der Waals surface area contributed by atoms with Gasteiger partial charge in [-0.15, -0.1) is 11.3 Å². The number of thiophene rings is 1. The highest BCUT2D eigenvalue weighted by Crippen LogP contribution is 2.24. The number of nitrogens with one attached hydrogen (secondary N) is 1. The van der Waals surface area contributed by atoms with Gasteiger partial charge in [0.2, 0.25) is 11.8 Å². The molecule has 0 spiro atoms. The van der Waals surface area contributed by atoms with Crippen LogP contribution in [0, 0.1) is 0 Å². The normalized spacial score (nSPS) is 15.6. The average molecular weight is 296 g/mol. The summed E-state index contributed by atoms with van der Waals surface area (Å²) in [6, 6.07) is 1.80. The van der Waals surface area contributed by atoms with E-state index in [4.69, 9.17) is 5.11 Å². The molecule has 1 aliphatic heterocycles. The standard InChI is InChI=1S/C14H20N2O3S/c1-10(9-17)15-13(18)2-3-14(19)16-6-4-12-11(8-16)5-7-20-12/h5,7,10,17H,2-4,6,8-9H2,1H3,(H,15,18). The molecule has 1 aliphatic rings. The molecule has 0 saturated heterocycles. The van der Waals surface area contributed by atoms with Crippen LogP contribution in [0.25, 0.3) is 0 Å². The van der Waals surface area contributed by atoms with Crippen molar-refractivity contribution in [2.75, 3.05) is 13.2 Å². The molecule has 20 heavy (non-hydrogen) atoms. The van der Waals surface area contributed by atoms with Crippen molar-refractivity contribution < 1.29 is 14.7 Å². The minimum Gasteiger partial charge on any atom is -0.394 e. The molecule has 1 atom stereocenters. The first-order valence-corrected chi connectivity index (χ1v) is 7.71. The van der Waals surface area contributed by atoms with E-state index in [0.29, 0.717) is 6.54 Å². The fourth-order valence-corrected chi connectivity index (χ4v) is 3.12. The number of rotatable bonds is 5. The maximum absolute atomic E-state index is 12.1. The van der Waals surface area contributed by atoms with E-state index in [9.17, 15) is 9.59 Å². The number of aliphatic hydroxyl groups excluding tert-OH is 1. The van der Waals surface area contributed by atoms with Gasteiger partial charge in [0, 0.05) is 36.9 Å². The molecule has 0 radical (unpaired) electrons. The van der Waals surface area contributed by atoms with Crippen molar-refractivity contribution in [3.63, 3.8) is 0 Å². The highest BCUT2D eigenvalue weighted by molar-refractivity contribution is 7.10. The molecule has 2 heterocycles. The Morgan fingerprint density at radius 3 is 3.05 bits per heavy atom. The molecular formula is C14H20N2O3S. The predicted octanol–water partition coefficient (Wildman–Crippen LogP) is 0.910. The van der Waals surface area contributed by atoms with Crippen LogP contribution in [0.1, 0.15) is 30.2 Å². The summed E-state index contributed by atoms with van der Waals surface area (Å²) in [4.78, 5) is 26.8. The van der Waals surface area contributed by atoms with E-state index in [1.54, 1.807) is 18.3 Å². The number of fused-ring (bicyclic) bond motifs is 1. The minimum atomic E-state index is -0.263. The Kier molecular flexibility index (Phi) is 5.14. The minimum absolute atomic E-state index is 0.0219. The SMILES string of the molecule is CC(CO)NC(=O)CCC(=O)N1CCc2sccc2C1. The zero-order valence-corrected chi connectivity index (χ0v) is 12.4. The van der Waals surface area contributed by atoms with Gasteiger partial charge in [-0.2, -0.15) is 0 Å². The Bertz CT molecular complexity index is 487. The molecule has 0 saturated carbocycles. The summed E-state index contributed by atoms with van der Waals surface area (Å²) in [5, 5.41) is 13.5. The molecule has 0 fully saturated rings. The topological polar surface area (TPSA) is 69.6 Å². The molecule has 1 aromatic rings. The molecule has 1 aromatic heterocycles. The molecule has 0 aliphatic carbocycles. The summed E-state index contributed by atoms with van der Waals surface area (Å²) >= 11 is 1.74. The van der Waals surface area contributed by atoms with Crippen molar-refractivity contribution in [3.05, 3.63) is 21.9 Å². The van der Waals surface area contributed by atoms with Gasteiger partial charge in [-0.3, -0.25) is 9.59 Å². The smallest absolute Gasteiger partial charge is 0.223 e. The number of carbonyl (C=O) groups is 2. The summed E-state index contributed by atoms with van der Waals surface area (Å²) in [7, 11) is 0. The fourth-order valence-electron chi connectivity index (χ4n) is 2.23. The Balaban J connectivity index is 1.77. The van der Waals surface area contributed by atoms with Crippen LogP contribution < -0.4 is 5.32 Å². The summed E-state index contributed by atoms with van der Waals surface area (Å²) in [5.41, 5.74) is 1.23. The number of aliphatic hydroxyl groups is 1. The summed E-state index contributed by atoms with van der Waals surface area (Å²) < 4.78 is 0. The fraction of sp³-hybridized carbons (Fsp3) is 0.571. The quantitative estimate of drug-likeness (QED) is 0.848. The second kappa shape index (κ2) is 6.85. The third-order valence-electron chi connectivity index (χ3n) is 3.41. The van der Waals surface area contributed by atoms with Gasteiger partial charge in [-0.1, -0.05) is 0 Å². The van der Waals surface area contributed by atoms with Crippen LogP contribution >= 0.6 is 11.3 Å². The lowest BCUT2D eigenvalue weighted by Gasteiger charge is -2.27. The summed E-state index contributed by atoms with van der Waals surface area (Å²) in [6.07, 6.45) is 1.31. The highest BCUT2D eigenvalue weighted by Gasteiger charge is 2.21. The molecular weight excluding hydrogens is 276 g/mol. The van der Waals surface area contributed by atoms with Crippen molar-refractivity contribution in [3.8, 4) is 0 Å². The molecule has 6 heteroatoms. The van der Waals surface area contributed by atoms with Gasteiger partial charge in [0.1, 0.15) is 0 Å². The van der Waals surface area contributed by atoms with Crippen LogP contribution in [0.5, 0.6) is 0 Å². The highest BCUT2D eigenvalue weighted by atomic mass is 32.1. The first kappa shape index (κ1) is 15.0. The number of nitrogens with zero attached hydrogens (tertiary/aromatic N) is 1. The number of hydrogen-bond acceptors (Lipinski definition) is 4.